The summed E-state index contributed by atoms with van der Waals surface area (Å²) in [7, 11) is 1.66. The Morgan fingerprint density at radius 3 is 2.56 bits per heavy atom. The molecule has 0 saturated carbocycles. The molecule has 0 fully saturated rings. The first-order valence-electron chi connectivity index (χ1n) is 7.72. The van der Waals surface area contributed by atoms with Gasteiger partial charge in [0.1, 0.15) is 11.5 Å². The van der Waals surface area contributed by atoms with E-state index in [1.807, 2.05) is 6.07 Å². The molecular weight excluding hydrogens is 414 g/mol. The summed E-state index contributed by atoms with van der Waals surface area (Å²) in [5.41, 5.74) is 7.82. The van der Waals surface area contributed by atoms with Gasteiger partial charge in [-0.25, -0.2) is 4.39 Å². The molecular formula is C17H14Cl3FN6. The first-order chi connectivity index (χ1) is 12.5. The molecule has 0 atom stereocenters. The van der Waals surface area contributed by atoms with Crippen LogP contribution in [0.3, 0.4) is 0 Å². The van der Waals surface area contributed by atoms with Crippen molar-refractivity contribution in [1.82, 2.24) is 24.8 Å². The summed E-state index contributed by atoms with van der Waals surface area (Å²) in [6.07, 6.45) is 0. The van der Waals surface area contributed by atoms with Gasteiger partial charge in [-0.1, -0.05) is 29.3 Å². The number of hydrogen-bond acceptors (Lipinski definition) is 4. The van der Waals surface area contributed by atoms with E-state index < -0.39 is 5.82 Å². The molecule has 27 heavy (non-hydrogen) atoms. The minimum absolute atomic E-state index is 0. The Morgan fingerprint density at radius 2 is 1.93 bits per heavy atom. The number of nitrogens with zero attached hydrogens (tertiary/aromatic N) is 5. The van der Waals surface area contributed by atoms with Crippen LogP contribution in [0.1, 0.15) is 5.56 Å². The van der Waals surface area contributed by atoms with E-state index in [1.54, 1.807) is 35.9 Å². The summed E-state index contributed by atoms with van der Waals surface area (Å²) in [6, 6.07) is 10.1. The van der Waals surface area contributed by atoms with Crippen LogP contribution < -0.4 is 5.73 Å². The van der Waals surface area contributed by atoms with Crippen molar-refractivity contribution in [3.63, 3.8) is 0 Å². The number of halogens is 4. The monoisotopic (exact) mass is 426 g/mol. The molecule has 0 unspecified atom stereocenters. The van der Waals surface area contributed by atoms with Gasteiger partial charge in [-0.05, 0) is 35.5 Å². The highest BCUT2D eigenvalue weighted by Gasteiger charge is 2.22. The molecule has 0 aliphatic carbocycles. The summed E-state index contributed by atoms with van der Waals surface area (Å²) in [4.78, 5) is 1.33. The van der Waals surface area contributed by atoms with Crippen LogP contribution in [0, 0.1) is 5.82 Å². The molecule has 6 nitrogen and oxygen atoms in total. The van der Waals surface area contributed by atoms with Gasteiger partial charge in [-0.3, -0.25) is 0 Å². The highest BCUT2D eigenvalue weighted by atomic mass is 35.5. The number of hydrogen-bond donors (Lipinski definition) is 1. The molecule has 0 bridgehead atoms. The molecule has 0 saturated heterocycles. The largest absolute Gasteiger partial charge is 0.326 e. The molecule has 4 aromatic rings. The predicted octanol–water partition coefficient (Wildman–Crippen LogP) is 4.15. The van der Waals surface area contributed by atoms with Crippen molar-refractivity contribution in [3.05, 3.63) is 57.8 Å². The maximum absolute atomic E-state index is 14.4. The van der Waals surface area contributed by atoms with Gasteiger partial charge in [0, 0.05) is 28.2 Å². The average molecular weight is 428 g/mol. The first-order valence-corrected chi connectivity index (χ1v) is 8.48. The Hall–Kier alpha value is -2.19. The van der Waals surface area contributed by atoms with Crippen LogP contribution in [0.5, 0.6) is 0 Å². The second kappa shape index (κ2) is 7.44. The van der Waals surface area contributed by atoms with E-state index in [9.17, 15) is 4.39 Å². The third kappa shape index (κ3) is 3.27. The van der Waals surface area contributed by atoms with Gasteiger partial charge in [-0.2, -0.15) is 4.80 Å². The lowest BCUT2D eigenvalue weighted by Crippen LogP contribution is -2.03. The lowest BCUT2D eigenvalue weighted by Gasteiger charge is -2.11. The van der Waals surface area contributed by atoms with Crippen LogP contribution >= 0.6 is 35.6 Å². The Kier molecular flexibility index (Phi) is 5.39. The van der Waals surface area contributed by atoms with E-state index in [0.717, 1.165) is 5.52 Å². The van der Waals surface area contributed by atoms with Crippen molar-refractivity contribution in [2.45, 2.75) is 6.54 Å². The third-order valence-corrected chi connectivity index (χ3v) is 4.72. The molecule has 140 valence electrons. The average Bonchev–Trinajstić information content (AvgIpc) is 3.16. The van der Waals surface area contributed by atoms with E-state index in [-0.39, 0.29) is 19.0 Å². The van der Waals surface area contributed by atoms with Gasteiger partial charge in [0.15, 0.2) is 0 Å². The number of benzene rings is 2. The summed E-state index contributed by atoms with van der Waals surface area (Å²) >= 11 is 12.7. The zero-order valence-electron chi connectivity index (χ0n) is 14.0. The Labute approximate surface area is 170 Å². The van der Waals surface area contributed by atoms with Crippen LogP contribution in [0.2, 0.25) is 10.0 Å². The van der Waals surface area contributed by atoms with E-state index in [2.05, 4.69) is 15.4 Å². The second-order valence-electron chi connectivity index (χ2n) is 5.74. The maximum atomic E-state index is 14.4. The lowest BCUT2D eigenvalue weighted by molar-refractivity contribution is 0.609. The molecule has 0 aliphatic heterocycles. The van der Waals surface area contributed by atoms with Crippen LogP contribution in [-0.4, -0.2) is 24.8 Å². The first kappa shape index (κ1) is 19.6. The molecule has 0 spiro atoms. The molecule has 2 N–H and O–H groups in total. The van der Waals surface area contributed by atoms with Gasteiger partial charge in [0.25, 0.3) is 0 Å². The molecule has 0 aliphatic rings. The fraction of sp³-hybridized carbons (Fsp3) is 0.118. The van der Waals surface area contributed by atoms with E-state index in [4.69, 9.17) is 28.9 Å². The topological polar surface area (TPSA) is 74.5 Å². The van der Waals surface area contributed by atoms with E-state index in [1.165, 1.54) is 10.9 Å². The number of fused-ring (bicyclic) bond motifs is 1. The number of tetrazole rings is 1. The fourth-order valence-corrected chi connectivity index (χ4v) is 3.40. The van der Waals surface area contributed by atoms with Crippen molar-refractivity contribution in [2.24, 2.45) is 12.8 Å². The normalized spacial score (nSPS) is 11.0. The second-order valence-corrected chi connectivity index (χ2v) is 6.56. The Balaban J connectivity index is 0.00000210. The SMILES string of the molecule is Cl.Cn1nnc(-c2c(Cl)c3cc(Cl)ccc3n2-c2ccc(CN)c(F)c2)n1. The minimum Gasteiger partial charge on any atom is -0.326 e. The quantitative estimate of drug-likeness (QED) is 0.533. The highest BCUT2D eigenvalue weighted by Crippen LogP contribution is 2.39. The highest BCUT2D eigenvalue weighted by molar-refractivity contribution is 6.39. The van der Waals surface area contributed by atoms with Crippen LogP contribution in [0.15, 0.2) is 36.4 Å². The number of aryl methyl sites for hydroxylation is 1. The maximum Gasteiger partial charge on any atom is 0.223 e. The predicted molar refractivity (Wildman–Crippen MR) is 106 cm³/mol. The van der Waals surface area contributed by atoms with Crippen LogP contribution in [0.25, 0.3) is 28.1 Å². The molecule has 4 rings (SSSR count). The van der Waals surface area contributed by atoms with Crippen molar-refractivity contribution in [1.29, 1.82) is 0 Å². The lowest BCUT2D eigenvalue weighted by atomic mass is 10.2. The van der Waals surface area contributed by atoms with E-state index >= 15 is 0 Å². The smallest absolute Gasteiger partial charge is 0.223 e. The molecule has 10 heteroatoms. The minimum atomic E-state index is -0.394. The fourth-order valence-electron chi connectivity index (χ4n) is 2.91. The van der Waals surface area contributed by atoms with Crippen molar-refractivity contribution >= 4 is 46.5 Å². The van der Waals surface area contributed by atoms with Gasteiger partial charge in [-0.15, -0.1) is 22.6 Å². The molecule has 2 heterocycles. The zero-order valence-corrected chi connectivity index (χ0v) is 16.4. The number of nitrogens with two attached hydrogens (primary N) is 1. The summed E-state index contributed by atoms with van der Waals surface area (Å²) in [5.74, 6) is -0.0666. The van der Waals surface area contributed by atoms with Crippen LogP contribution in [0.4, 0.5) is 4.39 Å². The molecule has 0 amide bonds. The summed E-state index contributed by atoms with van der Waals surface area (Å²) in [6.45, 7) is 0.119. The zero-order chi connectivity index (χ0) is 18.4. The van der Waals surface area contributed by atoms with Crippen LogP contribution in [-0.2, 0) is 13.6 Å². The molecule has 0 radical (unpaired) electrons. The van der Waals surface area contributed by atoms with Crippen molar-refractivity contribution in [2.75, 3.05) is 0 Å². The van der Waals surface area contributed by atoms with Gasteiger partial charge < -0.3 is 10.3 Å². The molecule has 2 aromatic heterocycles. The summed E-state index contributed by atoms with van der Waals surface area (Å²) < 4.78 is 16.1. The Bertz CT molecular complexity index is 1140. The van der Waals surface area contributed by atoms with Gasteiger partial charge in [0.2, 0.25) is 5.82 Å². The van der Waals surface area contributed by atoms with Gasteiger partial charge in [0.05, 0.1) is 17.6 Å². The molecule has 2 aromatic carbocycles. The van der Waals surface area contributed by atoms with Crippen molar-refractivity contribution in [3.8, 4) is 17.2 Å². The number of aromatic nitrogens is 5. The van der Waals surface area contributed by atoms with Crippen molar-refractivity contribution < 1.29 is 4.39 Å². The Morgan fingerprint density at radius 1 is 1.15 bits per heavy atom. The number of rotatable bonds is 3. The third-order valence-electron chi connectivity index (χ3n) is 4.10. The van der Waals surface area contributed by atoms with Gasteiger partial charge >= 0.3 is 0 Å². The van der Waals surface area contributed by atoms with E-state index in [0.29, 0.717) is 38.2 Å². The standard InChI is InChI=1S/C17H13Cl2FN6.ClH/c1-25-23-17(22-24-25)16-15(19)12-6-10(18)3-5-14(12)26(16)11-4-2-9(8-21)13(20)7-11;/h2-7H,8,21H2,1H3;1H. The summed E-state index contributed by atoms with van der Waals surface area (Å²) in [5, 5.41) is 13.8.